The number of amides is 3. The van der Waals surface area contributed by atoms with E-state index >= 15 is 0 Å². The number of ether oxygens (including phenoxy) is 1. The quantitative estimate of drug-likeness (QED) is 0.654. The van der Waals surface area contributed by atoms with Gasteiger partial charge in [0.1, 0.15) is 11.6 Å². The van der Waals surface area contributed by atoms with E-state index in [0.717, 1.165) is 0 Å². The predicted octanol–water partition coefficient (Wildman–Crippen LogP) is 1.30. The topological polar surface area (TPSA) is 108 Å². The minimum Gasteiger partial charge on any atom is -0.394 e. The zero-order chi connectivity index (χ0) is 22.6. The zero-order valence-electron chi connectivity index (χ0n) is 18.4. The highest BCUT2D eigenvalue weighted by atomic mass is 16.5. The second-order valence-electron chi connectivity index (χ2n) is 9.93. The maximum atomic E-state index is 13.6. The van der Waals surface area contributed by atoms with Crippen LogP contribution in [0.5, 0.6) is 0 Å². The van der Waals surface area contributed by atoms with Crippen LogP contribution < -0.4 is 10.6 Å². The van der Waals surface area contributed by atoms with Gasteiger partial charge in [0.05, 0.1) is 30.6 Å². The molecule has 3 aliphatic heterocycles. The molecule has 3 amide bonds. The molecule has 1 aromatic carbocycles. The Labute approximate surface area is 182 Å². The standard InChI is InChI=1S/C23H31N3O5/c1-13(12-27)26-18(20(29)25-22(2,3)4)23-11-10-15(31-23)16(17(23)21(26)30)19(28)24-14-8-6-5-7-9-14/h5-9,13,15-18,27H,10-12H2,1-4H3,(H,24,28)(H,25,29)/t13-,15+,16-,17+,18?,23?/m1/s1. The summed E-state index contributed by atoms with van der Waals surface area (Å²) in [4.78, 5) is 41.6. The fraction of sp³-hybridized carbons (Fsp3) is 0.609. The highest BCUT2D eigenvalue weighted by Gasteiger charge is 2.74. The summed E-state index contributed by atoms with van der Waals surface area (Å²) in [5, 5.41) is 15.7. The average molecular weight is 430 g/mol. The molecule has 8 heteroatoms. The molecule has 1 aromatic rings. The minimum absolute atomic E-state index is 0.274. The summed E-state index contributed by atoms with van der Waals surface area (Å²) in [6.45, 7) is 7.05. The number of hydrogen-bond acceptors (Lipinski definition) is 5. The van der Waals surface area contributed by atoms with Crippen molar-refractivity contribution in [2.24, 2.45) is 11.8 Å². The number of aliphatic hydroxyl groups is 1. The number of carbonyl (C=O) groups excluding carboxylic acids is 3. The van der Waals surface area contributed by atoms with Crippen LogP contribution in [0.4, 0.5) is 5.69 Å². The highest BCUT2D eigenvalue weighted by molar-refractivity contribution is 6.02. The summed E-state index contributed by atoms with van der Waals surface area (Å²) >= 11 is 0. The third-order valence-corrected chi connectivity index (χ3v) is 6.57. The van der Waals surface area contributed by atoms with E-state index in [2.05, 4.69) is 10.6 Å². The van der Waals surface area contributed by atoms with Crippen LogP contribution in [-0.2, 0) is 19.1 Å². The first kappa shape index (κ1) is 21.8. The van der Waals surface area contributed by atoms with Crippen molar-refractivity contribution < 1.29 is 24.2 Å². The van der Waals surface area contributed by atoms with Crippen LogP contribution in [0.3, 0.4) is 0 Å². The molecule has 6 atom stereocenters. The number of para-hydroxylation sites is 1. The fourth-order valence-electron chi connectivity index (χ4n) is 5.44. The van der Waals surface area contributed by atoms with Gasteiger partial charge >= 0.3 is 0 Å². The summed E-state index contributed by atoms with van der Waals surface area (Å²) in [5.41, 5.74) is -0.902. The molecule has 2 unspecified atom stereocenters. The normalized spacial score (nSPS) is 32.7. The second-order valence-corrected chi connectivity index (χ2v) is 9.93. The van der Waals surface area contributed by atoms with Crippen LogP contribution in [0.15, 0.2) is 30.3 Å². The highest BCUT2D eigenvalue weighted by Crippen LogP contribution is 2.58. The van der Waals surface area contributed by atoms with E-state index < -0.39 is 41.2 Å². The lowest BCUT2D eigenvalue weighted by Crippen LogP contribution is -2.60. The third-order valence-electron chi connectivity index (χ3n) is 6.57. The van der Waals surface area contributed by atoms with E-state index in [1.165, 1.54) is 4.90 Å². The van der Waals surface area contributed by atoms with Crippen molar-refractivity contribution in [1.82, 2.24) is 10.2 Å². The molecule has 0 aliphatic carbocycles. The van der Waals surface area contributed by atoms with Gasteiger partial charge in [-0.25, -0.2) is 0 Å². The van der Waals surface area contributed by atoms with Gasteiger partial charge in [-0.1, -0.05) is 18.2 Å². The number of nitrogens with one attached hydrogen (secondary N) is 2. The lowest BCUT2D eigenvalue weighted by Gasteiger charge is -2.37. The van der Waals surface area contributed by atoms with Gasteiger partial charge in [0.2, 0.25) is 17.7 Å². The van der Waals surface area contributed by atoms with Crippen LogP contribution in [-0.4, -0.2) is 63.7 Å². The Balaban J connectivity index is 1.69. The van der Waals surface area contributed by atoms with E-state index in [-0.39, 0.29) is 24.3 Å². The Morgan fingerprint density at radius 2 is 1.94 bits per heavy atom. The number of anilines is 1. The first-order valence-electron chi connectivity index (χ1n) is 10.9. The third kappa shape index (κ3) is 3.51. The summed E-state index contributed by atoms with van der Waals surface area (Å²) < 4.78 is 6.33. The number of aliphatic hydroxyl groups excluding tert-OH is 1. The number of carbonyl (C=O) groups is 3. The fourth-order valence-corrected chi connectivity index (χ4v) is 5.44. The van der Waals surface area contributed by atoms with Crippen molar-refractivity contribution in [3.05, 3.63) is 30.3 Å². The lowest BCUT2D eigenvalue weighted by molar-refractivity contribution is -0.145. The Hall–Kier alpha value is -2.45. The van der Waals surface area contributed by atoms with Crippen molar-refractivity contribution in [2.75, 3.05) is 11.9 Å². The average Bonchev–Trinajstić information content (AvgIpc) is 3.34. The van der Waals surface area contributed by atoms with Gasteiger partial charge < -0.3 is 25.4 Å². The Morgan fingerprint density at radius 3 is 2.55 bits per heavy atom. The number of benzene rings is 1. The van der Waals surface area contributed by atoms with Crippen LogP contribution in [0, 0.1) is 11.8 Å². The molecule has 4 rings (SSSR count). The van der Waals surface area contributed by atoms with E-state index in [4.69, 9.17) is 4.74 Å². The van der Waals surface area contributed by atoms with Crippen LogP contribution >= 0.6 is 0 Å². The molecule has 0 radical (unpaired) electrons. The molecular weight excluding hydrogens is 398 g/mol. The number of nitrogens with zero attached hydrogens (tertiary/aromatic N) is 1. The molecule has 0 saturated carbocycles. The van der Waals surface area contributed by atoms with Crippen LogP contribution in [0.25, 0.3) is 0 Å². The molecule has 31 heavy (non-hydrogen) atoms. The molecule has 2 bridgehead atoms. The molecular formula is C23H31N3O5. The first-order chi connectivity index (χ1) is 14.6. The molecule has 0 aromatic heterocycles. The van der Waals surface area contributed by atoms with Gasteiger partial charge in [0.15, 0.2) is 0 Å². The number of hydrogen-bond donors (Lipinski definition) is 3. The van der Waals surface area contributed by atoms with Gasteiger partial charge in [-0.15, -0.1) is 0 Å². The second kappa shape index (κ2) is 7.60. The molecule has 8 nitrogen and oxygen atoms in total. The molecule has 3 fully saturated rings. The van der Waals surface area contributed by atoms with Gasteiger partial charge in [0.25, 0.3) is 0 Å². The van der Waals surface area contributed by atoms with Gasteiger partial charge in [0, 0.05) is 11.2 Å². The maximum Gasteiger partial charge on any atom is 0.246 e. The van der Waals surface area contributed by atoms with Gasteiger partial charge in [-0.05, 0) is 52.7 Å². The zero-order valence-corrected chi connectivity index (χ0v) is 18.4. The summed E-state index contributed by atoms with van der Waals surface area (Å²) in [6, 6.07) is 7.64. The van der Waals surface area contributed by atoms with Crippen molar-refractivity contribution in [2.45, 2.75) is 69.9 Å². The maximum absolute atomic E-state index is 13.6. The van der Waals surface area contributed by atoms with Crippen molar-refractivity contribution in [3.8, 4) is 0 Å². The van der Waals surface area contributed by atoms with Gasteiger partial charge in [-0.3, -0.25) is 14.4 Å². The predicted molar refractivity (Wildman–Crippen MR) is 114 cm³/mol. The number of rotatable bonds is 5. The SMILES string of the molecule is C[C@H](CO)N1C(=O)[C@@H]2[C@H](C(=O)Nc3ccccc3)[C@@H]3CCC2(O3)C1C(=O)NC(C)(C)C. The smallest absolute Gasteiger partial charge is 0.246 e. The van der Waals surface area contributed by atoms with Crippen molar-refractivity contribution in [1.29, 1.82) is 0 Å². The van der Waals surface area contributed by atoms with E-state index in [9.17, 15) is 19.5 Å². The van der Waals surface area contributed by atoms with Crippen molar-refractivity contribution >= 4 is 23.4 Å². The number of fused-ring (bicyclic) bond motifs is 1. The number of likely N-dealkylation sites (tertiary alicyclic amines) is 1. The Bertz CT molecular complexity index is 883. The molecule has 3 saturated heterocycles. The summed E-state index contributed by atoms with van der Waals surface area (Å²) in [6.07, 6.45) is 0.728. The van der Waals surface area contributed by atoms with Gasteiger partial charge in [-0.2, -0.15) is 0 Å². The van der Waals surface area contributed by atoms with E-state index in [1.54, 1.807) is 19.1 Å². The summed E-state index contributed by atoms with van der Waals surface area (Å²) in [5.74, 6) is -2.31. The van der Waals surface area contributed by atoms with Crippen LogP contribution in [0.2, 0.25) is 0 Å². The van der Waals surface area contributed by atoms with Crippen molar-refractivity contribution in [3.63, 3.8) is 0 Å². The molecule has 3 heterocycles. The Morgan fingerprint density at radius 1 is 1.26 bits per heavy atom. The molecule has 3 aliphatic rings. The molecule has 168 valence electrons. The minimum atomic E-state index is -1.06. The molecule has 3 N–H and O–H groups in total. The van der Waals surface area contributed by atoms with E-state index in [1.807, 2.05) is 39.0 Å². The van der Waals surface area contributed by atoms with Crippen LogP contribution in [0.1, 0.15) is 40.5 Å². The molecule has 1 spiro atoms. The lowest BCUT2D eigenvalue weighted by atomic mass is 9.70. The van der Waals surface area contributed by atoms with E-state index in [0.29, 0.717) is 18.5 Å². The Kier molecular flexibility index (Phi) is 5.34. The summed E-state index contributed by atoms with van der Waals surface area (Å²) in [7, 11) is 0. The first-order valence-corrected chi connectivity index (χ1v) is 10.9. The monoisotopic (exact) mass is 429 g/mol. The largest absolute Gasteiger partial charge is 0.394 e.